The van der Waals surface area contributed by atoms with Crippen LogP contribution in [0.1, 0.15) is 32.4 Å². The van der Waals surface area contributed by atoms with Gasteiger partial charge in [0.05, 0.1) is 7.11 Å². The molecule has 2 aromatic heterocycles. The van der Waals surface area contributed by atoms with E-state index in [9.17, 15) is 14.0 Å². The predicted molar refractivity (Wildman–Crippen MR) is 87.8 cm³/mol. The van der Waals surface area contributed by atoms with Gasteiger partial charge in [0.2, 0.25) is 0 Å². The monoisotopic (exact) mass is 358 g/mol. The quantitative estimate of drug-likeness (QED) is 0.508. The third-order valence-electron chi connectivity index (χ3n) is 3.61. The van der Waals surface area contributed by atoms with Gasteiger partial charge in [-0.05, 0) is 38.1 Å². The van der Waals surface area contributed by atoms with Crippen molar-refractivity contribution in [3.63, 3.8) is 0 Å². The number of aryl methyl sites for hydroxylation is 2. The first-order chi connectivity index (χ1) is 12.4. The number of esters is 1. The van der Waals surface area contributed by atoms with E-state index in [1.807, 2.05) is 0 Å². The van der Waals surface area contributed by atoms with Crippen LogP contribution in [0.15, 0.2) is 24.3 Å². The van der Waals surface area contributed by atoms with Crippen molar-refractivity contribution in [3.05, 3.63) is 52.9 Å². The molecule has 0 aliphatic heterocycles. The number of nitrogens with zero attached hydrogens (tertiary/aromatic N) is 4. The van der Waals surface area contributed by atoms with Crippen molar-refractivity contribution in [3.8, 4) is 5.75 Å². The van der Waals surface area contributed by atoms with E-state index in [1.165, 1.54) is 23.8 Å². The molecule has 0 atom stereocenters. The fourth-order valence-electron chi connectivity index (χ4n) is 2.37. The Labute approximate surface area is 147 Å². The summed E-state index contributed by atoms with van der Waals surface area (Å²) in [5, 5.41) is 4.02. The number of aromatic nitrogens is 4. The normalized spacial score (nSPS) is 10.8. The number of halogens is 1. The lowest BCUT2D eigenvalue weighted by Gasteiger charge is -2.05. The van der Waals surface area contributed by atoms with Gasteiger partial charge in [-0.3, -0.25) is 4.79 Å². The van der Waals surface area contributed by atoms with E-state index in [4.69, 9.17) is 9.47 Å². The summed E-state index contributed by atoms with van der Waals surface area (Å²) in [5.74, 6) is -2.03. The Morgan fingerprint density at radius 3 is 2.65 bits per heavy atom. The van der Waals surface area contributed by atoms with E-state index in [-0.39, 0.29) is 22.9 Å². The molecule has 0 fully saturated rings. The smallest absolute Gasteiger partial charge is 0.378 e. The fourth-order valence-corrected chi connectivity index (χ4v) is 2.37. The third kappa shape index (κ3) is 3.37. The van der Waals surface area contributed by atoms with Crippen LogP contribution in [0.5, 0.6) is 5.75 Å². The van der Waals surface area contributed by atoms with Crippen molar-refractivity contribution in [1.29, 1.82) is 0 Å². The minimum Gasteiger partial charge on any atom is -0.494 e. The molecule has 26 heavy (non-hydrogen) atoms. The molecular weight excluding hydrogens is 343 g/mol. The van der Waals surface area contributed by atoms with Gasteiger partial charge < -0.3 is 9.47 Å². The summed E-state index contributed by atoms with van der Waals surface area (Å²) < 4.78 is 24.8. The van der Waals surface area contributed by atoms with Gasteiger partial charge in [0.15, 0.2) is 24.0 Å². The number of rotatable bonds is 5. The van der Waals surface area contributed by atoms with Crippen LogP contribution in [0.3, 0.4) is 0 Å². The molecule has 2 heterocycles. The highest BCUT2D eigenvalue weighted by atomic mass is 19.1. The van der Waals surface area contributed by atoms with Crippen LogP contribution < -0.4 is 4.74 Å². The molecule has 8 nitrogen and oxygen atoms in total. The summed E-state index contributed by atoms with van der Waals surface area (Å²) in [5.41, 5.74) is 1.55. The Balaban J connectivity index is 1.71. The molecule has 0 aliphatic rings. The van der Waals surface area contributed by atoms with Crippen LogP contribution in [0.25, 0.3) is 5.78 Å². The van der Waals surface area contributed by atoms with Crippen molar-refractivity contribution in [2.75, 3.05) is 13.7 Å². The van der Waals surface area contributed by atoms with Gasteiger partial charge in [0, 0.05) is 17.0 Å². The molecule has 134 valence electrons. The van der Waals surface area contributed by atoms with Gasteiger partial charge in [-0.2, -0.15) is 4.98 Å². The number of fused-ring (bicyclic) bond motifs is 1. The zero-order valence-corrected chi connectivity index (χ0v) is 14.3. The highest BCUT2D eigenvalue weighted by Crippen LogP contribution is 2.18. The summed E-state index contributed by atoms with van der Waals surface area (Å²) in [7, 11) is 1.32. The number of ketones is 1. The van der Waals surface area contributed by atoms with Gasteiger partial charge in [0.1, 0.15) is 0 Å². The van der Waals surface area contributed by atoms with Crippen LogP contribution >= 0.6 is 0 Å². The Morgan fingerprint density at radius 1 is 1.19 bits per heavy atom. The maximum absolute atomic E-state index is 13.6. The largest absolute Gasteiger partial charge is 0.494 e. The minimum atomic E-state index is -0.866. The molecular formula is C17H15FN4O4. The second-order valence-electron chi connectivity index (χ2n) is 5.53. The molecule has 0 bridgehead atoms. The number of hydrogen-bond acceptors (Lipinski definition) is 7. The molecule has 0 aliphatic carbocycles. The highest BCUT2D eigenvalue weighted by Gasteiger charge is 2.19. The third-order valence-corrected chi connectivity index (χ3v) is 3.61. The second-order valence-corrected chi connectivity index (χ2v) is 5.53. The van der Waals surface area contributed by atoms with E-state index < -0.39 is 24.2 Å². The molecule has 0 spiro atoms. The molecule has 3 rings (SSSR count). The van der Waals surface area contributed by atoms with Crippen LogP contribution in [-0.2, 0) is 4.74 Å². The van der Waals surface area contributed by atoms with Crippen LogP contribution in [0.2, 0.25) is 0 Å². The summed E-state index contributed by atoms with van der Waals surface area (Å²) in [4.78, 5) is 32.3. The zero-order chi connectivity index (χ0) is 18.8. The number of carbonyl (C=O) groups is 2. The fraction of sp³-hybridized carbons (Fsp3) is 0.235. The summed E-state index contributed by atoms with van der Waals surface area (Å²) in [6, 6.07) is 5.52. The molecule has 0 amide bonds. The SMILES string of the molecule is COc1ccc(C(=O)COC(=O)c2nc3nc(C)cc(C)n3n2)cc1F. The van der Waals surface area contributed by atoms with E-state index in [1.54, 1.807) is 19.9 Å². The summed E-state index contributed by atoms with van der Waals surface area (Å²) >= 11 is 0. The Kier molecular flexibility index (Phi) is 4.61. The molecule has 3 aromatic rings. The lowest BCUT2D eigenvalue weighted by Crippen LogP contribution is -2.15. The van der Waals surface area contributed by atoms with Crippen molar-refractivity contribution in [1.82, 2.24) is 19.6 Å². The highest BCUT2D eigenvalue weighted by molar-refractivity contribution is 5.99. The molecule has 0 saturated heterocycles. The zero-order valence-electron chi connectivity index (χ0n) is 14.3. The maximum atomic E-state index is 13.6. The molecule has 0 unspecified atom stereocenters. The summed E-state index contributed by atoms with van der Waals surface area (Å²) in [6.07, 6.45) is 0. The predicted octanol–water partition coefficient (Wildman–Crippen LogP) is 1.93. The van der Waals surface area contributed by atoms with Crippen LogP contribution in [0.4, 0.5) is 4.39 Å². The first kappa shape index (κ1) is 17.5. The number of ether oxygens (including phenoxy) is 2. The van der Waals surface area contributed by atoms with Crippen molar-refractivity contribution in [2.45, 2.75) is 13.8 Å². The topological polar surface area (TPSA) is 95.7 Å². The number of Topliss-reactive ketones (excluding diaryl/α,β-unsaturated/α-hetero) is 1. The van der Waals surface area contributed by atoms with E-state index in [0.29, 0.717) is 0 Å². The van der Waals surface area contributed by atoms with Crippen LogP contribution in [-0.4, -0.2) is 45.1 Å². The molecule has 1 aromatic carbocycles. The van der Waals surface area contributed by atoms with E-state index in [0.717, 1.165) is 17.5 Å². The number of hydrogen-bond donors (Lipinski definition) is 0. The van der Waals surface area contributed by atoms with Gasteiger partial charge in [-0.25, -0.2) is 18.7 Å². The minimum absolute atomic E-state index is 0.0191. The average Bonchev–Trinajstić information content (AvgIpc) is 3.03. The second kappa shape index (κ2) is 6.87. The van der Waals surface area contributed by atoms with Gasteiger partial charge in [-0.15, -0.1) is 5.10 Å². The Hall–Kier alpha value is -3.36. The first-order valence-corrected chi connectivity index (χ1v) is 7.64. The number of methoxy groups -OCH3 is 1. The first-order valence-electron chi connectivity index (χ1n) is 7.64. The van der Waals surface area contributed by atoms with E-state index >= 15 is 0 Å². The van der Waals surface area contributed by atoms with Crippen molar-refractivity contribution in [2.24, 2.45) is 0 Å². The van der Waals surface area contributed by atoms with Crippen molar-refractivity contribution >= 4 is 17.5 Å². The van der Waals surface area contributed by atoms with Crippen molar-refractivity contribution < 1.29 is 23.5 Å². The molecule has 0 radical (unpaired) electrons. The molecule has 9 heteroatoms. The molecule has 0 N–H and O–H groups in total. The van der Waals surface area contributed by atoms with Gasteiger partial charge in [-0.1, -0.05) is 0 Å². The van der Waals surface area contributed by atoms with Crippen LogP contribution in [0, 0.1) is 19.7 Å². The Bertz CT molecular complexity index is 1020. The maximum Gasteiger partial charge on any atom is 0.378 e. The Morgan fingerprint density at radius 2 is 1.96 bits per heavy atom. The number of carbonyl (C=O) groups excluding carboxylic acids is 2. The lowest BCUT2D eigenvalue weighted by molar-refractivity contribution is 0.0463. The van der Waals surface area contributed by atoms with Gasteiger partial charge >= 0.3 is 5.97 Å². The van der Waals surface area contributed by atoms with Gasteiger partial charge in [0.25, 0.3) is 11.6 Å². The number of benzene rings is 1. The average molecular weight is 358 g/mol. The van der Waals surface area contributed by atoms with E-state index in [2.05, 4.69) is 15.1 Å². The molecule has 0 saturated carbocycles. The lowest BCUT2D eigenvalue weighted by atomic mass is 10.1. The standard InChI is InChI=1S/C17H15FN4O4/c1-9-6-10(2)22-17(19-9)20-15(21-22)16(24)26-8-13(23)11-4-5-14(25-3)12(18)7-11/h4-7H,8H2,1-3H3. The summed E-state index contributed by atoms with van der Waals surface area (Å²) in [6.45, 7) is 3.03.